The summed E-state index contributed by atoms with van der Waals surface area (Å²) in [7, 11) is 0.137. The second-order valence-electron chi connectivity index (χ2n) is 2.77. The zero-order chi connectivity index (χ0) is 9.82. The fraction of sp³-hybridized carbons (Fsp3) is 0.889. The van der Waals surface area contributed by atoms with Gasteiger partial charge in [0.05, 0.1) is 0 Å². The van der Waals surface area contributed by atoms with Gasteiger partial charge in [-0.25, -0.2) is 0 Å². The zero-order valence-corrected chi connectivity index (χ0v) is 10.8. The average molecular weight is 195 g/mol. The molecule has 1 radical (unpaired) electrons. The van der Waals surface area contributed by atoms with Crippen LogP contribution in [0, 0.1) is 0 Å². The van der Waals surface area contributed by atoms with Crippen LogP contribution in [0.25, 0.3) is 0 Å². The van der Waals surface area contributed by atoms with E-state index in [1.807, 2.05) is 0 Å². The van der Waals surface area contributed by atoms with Gasteiger partial charge >= 0.3 is 46.8 Å². The van der Waals surface area contributed by atoms with Gasteiger partial charge in [0.25, 0.3) is 0 Å². The van der Waals surface area contributed by atoms with Crippen LogP contribution in [0.1, 0.15) is 27.2 Å². The molecule has 0 bridgehead atoms. The number of hydrogen-bond acceptors (Lipinski definition) is 1. The maximum atomic E-state index is 4.53. The first kappa shape index (κ1) is 15.4. The summed E-state index contributed by atoms with van der Waals surface area (Å²) in [5.41, 5.74) is 0. The molecule has 0 N–H and O–H groups in total. The van der Waals surface area contributed by atoms with Gasteiger partial charge in [-0.3, -0.25) is 0 Å². The topological polar surface area (TPSA) is 0 Å². The molecule has 0 aliphatic rings. The molecule has 0 aromatic rings. The first-order valence-electron chi connectivity index (χ1n) is 5.03. The molecule has 0 unspecified atom stereocenters. The Morgan fingerprint density at radius 3 is 1.58 bits per heavy atom. The predicted molar refractivity (Wildman–Crippen MR) is 66.0 cm³/mol. The van der Waals surface area contributed by atoms with E-state index in [0.29, 0.717) is 0 Å². The van der Waals surface area contributed by atoms with Crippen LogP contribution in [-0.4, -0.2) is 31.9 Å². The second kappa shape index (κ2) is 14.4. The Balaban J connectivity index is 0. The van der Waals surface area contributed by atoms with Gasteiger partial charge < -0.3 is 0 Å². The molecule has 0 saturated heterocycles. The Morgan fingerprint density at radius 2 is 1.58 bits per heavy atom. The van der Waals surface area contributed by atoms with Crippen molar-refractivity contribution in [3.63, 3.8) is 0 Å². The van der Waals surface area contributed by atoms with Gasteiger partial charge in [-0.1, -0.05) is 38.9 Å². The molecule has 0 aliphatic heterocycles. The SMILES string of the molecule is CC[Si](CC)CC.[Li][CH2]CC=S. The first-order valence-corrected chi connectivity index (χ1v) is 7.63. The van der Waals surface area contributed by atoms with Gasteiger partial charge in [0, 0.05) is 8.80 Å². The van der Waals surface area contributed by atoms with Crippen molar-refractivity contribution in [3.8, 4) is 0 Å². The van der Waals surface area contributed by atoms with Gasteiger partial charge in [0.1, 0.15) is 0 Å². The van der Waals surface area contributed by atoms with E-state index in [0.717, 1.165) is 6.42 Å². The van der Waals surface area contributed by atoms with E-state index in [1.54, 1.807) is 5.37 Å². The molecule has 0 amide bonds. The van der Waals surface area contributed by atoms with Crippen LogP contribution in [0.4, 0.5) is 0 Å². The van der Waals surface area contributed by atoms with Crippen LogP contribution < -0.4 is 0 Å². The third-order valence-electron chi connectivity index (χ3n) is 1.91. The van der Waals surface area contributed by atoms with Crippen molar-refractivity contribution in [2.45, 2.75) is 50.4 Å². The summed E-state index contributed by atoms with van der Waals surface area (Å²) < 4.78 is 0. The third kappa shape index (κ3) is 13.5. The van der Waals surface area contributed by atoms with Gasteiger partial charge in [-0.05, 0) is 0 Å². The fourth-order valence-corrected chi connectivity index (χ4v) is 2.60. The molecule has 3 heteroatoms. The van der Waals surface area contributed by atoms with E-state index in [1.165, 1.54) is 23.2 Å². The summed E-state index contributed by atoms with van der Waals surface area (Å²) in [6, 6.07) is 4.37. The molecule has 67 valence electrons. The summed E-state index contributed by atoms with van der Waals surface area (Å²) >= 11 is 6.64. The van der Waals surface area contributed by atoms with Crippen molar-refractivity contribution in [2.24, 2.45) is 0 Å². The molecule has 0 aromatic carbocycles. The second-order valence-corrected chi connectivity index (χ2v) is 6.72. The minimum absolute atomic E-state index is 0.137. The molecule has 0 aromatic heterocycles. The van der Waals surface area contributed by atoms with E-state index in [9.17, 15) is 0 Å². The summed E-state index contributed by atoms with van der Waals surface area (Å²) in [4.78, 5) is 0. The van der Waals surface area contributed by atoms with E-state index >= 15 is 0 Å². The Bertz CT molecular complexity index is 79.1. The van der Waals surface area contributed by atoms with Crippen LogP contribution in [0.5, 0.6) is 0 Å². The van der Waals surface area contributed by atoms with E-state index in [-0.39, 0.29) is 8.80 Å². The standard InChI is InChI=1S/C6H15Si.C3H5S.Li/c1-4-7(5-2)6-3;1-2-3-4;/h4-6H2,1-3H3;3H,1-2H2;. The predicted octanol–water partition coefficient (Wildman–Crippen LogP) is 3.50. The van der Waals surface area contributed by atoms with Crippen LogP contribution in [0.3, 0.4) is 0 Å². The molecule has 0 rings (SSSR count). The summed E-state index contributed by atoms with van der Waals surface area (Å²) in [5, 5.41) is 2.95. The quantitative estimate of drug-likeness (QED) is 0.478. The normalized spacial score (nSPS) is 9.17. The van der Waals surface area contributed by atoms with Crippen molar-refractivity contribution in [1.82, 2.24) is 0 Å². The molecule has 0 heterocycles. The van der Waals surface area contributed by atoms with Crippen LogP contribution in [0.15, 0.2) is 0 Å². The van der Waals surface area contributed by atoms with Crippen molar-refractivity contribution >= 4 is 44.1 Å². The Labute approximate surface area is 94.3 Å². The summed E-state index contributed by atoms with van der Waals surface area (Å²) in [6.07, 6.45) is 1.08. The molecule has 0 saturated carbocycles. The minimum atomic E-state index is 0.137. The van der Waals surface area contributed by atoms with Crippen molar-refractivity contribution in [2.75, 3.05) is 0 Å². The van der Waals surface area contributed by atoms with Gasteiger partial charge in [-0.2, -0.15) is 0 Å². The molecular formula is C9H20LiSSi. The Morgan fingerprint density at radius 1 is 1.17 bits per heavy atom. The average Bonchev–Trinajstić information content (AvgIpc) is 2.10. The zero-order valence-electron chi connectivity index (χ0n) is 9.02. The Hall–Kier alpha value is 0.904. The number of rotatable bonds is 5. The molecule has 12 heavy (non-hydrogen) atoms. The molecule has 0 nitrogen and oxygen atoms in total. The monoisotopic (exact) mass is 195 g/mol. The number of thiocarbonyl (C=S) groups is 1. The van der Waals surface area contributed by atoms with Crippen LogP contribution in [0.2, 0.25) is 23.2 Å². The molecule has 0 spiro atoms. The van der Waals surface area contributed by atoms with E-state index in [2.05, 4.69) is 50.7 Å². The molecule has 0 atom stereocenters. The Kier molecular flexibility index (Phi) is 18.5. The fourth-order valence-electron chi connectivity index (χ4n) is 0.868. The van der Waals surface area contributed by atoms with Crippen molar-refractivity contribution in [1.29, 1.82) is 0 Å². The van der Waals surface area contributed by atoms with Gasteiger partial charge in [-0.15, -0.1) is 0 Å². The molecule has 0 fully saturated rings. The van der Waals surface area contributed by atoms with Crippen LogP contribution >= 0.6 is 12.2 Å². The summed E-state index contributed by atoms with van der Waals surface area (Å²) in [5.74, 6) is 0. The maximum absolute atomic E-state index is 4.53. The molecular weight excluding hydrogens is 175 g/mol. The van der Waals surface area contributed by atoms with Gasteiger partial charge in [0.15, 0.2) is 0 Å². The van der Waals surface area contributed by atoms with Crippen LogP contribution in [-0.2, 0) is 0 Å². The van der Waals surface area contributed by atoms with Gasteiger partial charge in [0.2, 0.25) is 0 Å². The summed E-state index contributed by atoms with van der Waals surface area (Å²) in [6.45, 7) is 6.92. The third-order valence-corrected chi connectivity index (χ3v) is 5.14. The first-order chi connectivity index (χ1) is 5.76. The van der Waals surface area contributed by atoms with E-state index < -0.39 is 0 Å². The molecule has 0 aliphatic carbocycles. The van der Waals surface area contributed by atoms with Crippen molar-refractivity contribution in [3.05, 3.63) is 0 Å². The van der Waals surface area contributed by atoms with Crippen molar-refractivity contribution < 1.29 is 0 Å². The number of hydrogen-bond donors (Lipinski definition) is 0. The van der Waals surface area contributed by atoms with E-state index in [4.69, 9.17) is 0 Å².